The van der Waals surface area contributed by atoms with E-state index in [0.717, 1.165) is 12.1 Å². The van der Waals surface area contributed by atoms with Gasteiger partial charge in [-0.3, -0.25) is 4.98 Å². The standard InChI is InChI=1S/C19H14F3N5O2S/c1-24-30(28,29)14-3-4-16(15(9-14)17-8-12(10-23)6-7-25-17)27-18-5-2-13(11-26-18)19(20,21)22/h2-9,11,24H,1H3,(H,26,27). The lowest BCUT2D eigenvalue weighted by Crippen LogP contribution is -2.18. The molecule has 0 radical (unpaired) electrons. The van der Waals surface area contributed by atoms with Gasteiger partial charge in [-0.1, -0.05) is 0 Å². The molecule has 0 aliphatic carbocycles. The Bertz CT molecular complexity index is 1220. The first-order chi connectivity index (χ1) is 14.1. The van der Waals surface area contributed by atoms with Gasteiger partial charge in [0.25, 0.3) is 0 Å². The second-order valence-corrected chi connectivity index (χ2v) is 7.90. The van der Waals surface area contributed by atoms with Crippen LogP contribution in [-0.4, -0.2) is 25.4 Å². The smallest absolute Gasteiger partial charge is 0.340 e. The fourth-order valence-corrected chi connectivity index (χ4v) is 3.31. The third-order valence-electron chi connectivity index (χ3n) is 4.09. The first-order valence-corrected chi connectivity index (χ1v) is 9.87. The van der Waals surface area contributed by atoms with Crippen molar-refractivity contribution in [2.45, 2.75) is 11.1 Å². The van der Waals surface area contributed by atoms with Gasteiger partial charge < -0.3 is 5.32 Å². The van der Waals surface area contributed by atoms with Crippen molar-refractivity contribution in [2.75, 3.05) is 12.4 Å². The molecule has 0 fully saturated rings. The van der Waals surface area contributed by atoms with Gasteiger partial charge in [0.2, 0.25) is 10.0 Å². The second kappa shape index (κ2) is 8.10. The summed E-state index contributed by atoms with van der Waals surface area (Å²) < 4.78 is 64.8. The molecule has 7 nitrogen and oxygen atoms in total. The van der Waals surface area contributed by atoms with Crippen molar-refractivity contribution < 1.29 is 21.6 Å². The summed E-state index contributed by atoms with van der Waals surface area (Å²) >= 11 is 0. The quantitative estimate of drug-likeness (QED) is 0.636. The largest absolute Gasteiger partial charge is 0.417 e. The lowest BCUT2D eigenvalue weighted by molar-refractivity contribution is -0.137. The van der Waals surface area contributed by atoms with Crippen LogP contribution in [0.5, 0.6) is 0 Å². The first-order valence-electron chi connectivity index (χ1n) is 8.38. The average Bonchev–Trinajstić information content (AvgIpc) is 2.73. The number of rotatable bonds is 5. The van der Waals surface area contributed by atoms with Crippen molar-refractivity contribution in [1.82, 2.24) is 14.7 Å². The van der Waals surface area contributed by atoms with Crippen molar-refractivity contribution in [1.29, 1.82) is 5.26 Å². The molecular weight excluding hydrogens is 419 g/mol. The summed E-state index contributed by atoms with van der Waals surface area (Å²) in [6, 6.07) is 11.1. The molecule has 11 heteroatoms. The molecule has 0 atom stereocenters. The number of nitriles is 1. The Balaban J connectivity index is 2.08. The maximum absolute atomic E-state index is 12.7. The molecule has 0 amide bonds. The SMILES string of the molecule is CNS(=O)(=O)c1ccc(Nc2ccc(C(F)(F)F)cn2)c(-c2cc(C#N)ccn2)c1. The van der Waals surface area contributed by atoms with E-state index < -0.39 is 21.8 Å². The van der Waals surface area contributed by atoms with Crippen LogP contribution in [0.1, 0.15) is 11.1 Å². The number of halogens is 3. The molecule has 0 spiro atoms. The van der Waals surface area contributed by atoms with Crippen LogP contribution in [-0.2, 0) is 16.2 Å². The van der Waals surface area contributed by atoms with Crippen molar-refractivity contribution in [3.05, 3.63) is 66.0 Å². The predicted molar refractivity (Wildman–Crippen MR) is 103 cm³/mol. The average molecular weight is 433 g/mol. The van der Waals surface area contributed by atoms with E-state index in [0.29, 0.717) is 28.7 Å². The molecule has 1 aromatic carbocycles. The van der Waals surface area contributed by atoms with E-state index in [1.54, 1.807) is 0 Å². The van der Waals surface area contributed by atoms with Gasteiger partial charge in [0.15, 0.2) is 0 Å². The van der Waals surface area contributed by atoms with E-state index >= 15 is 0 Å². The first kappa shape index (κ1) is 21.2. The number of nitrogens with one attached hydrogen (secondary N) is 2. The Morgan fingerprint density at radius 1 is 1.07 bits per heavy atom. The van der Waals surface area contributed by atoms with E-state index in [2.05, 4.69) is 20.0 Å². The van der Waals surface area contributed by atoms with Gasteiger partial charge in [0, 0.05) is 23.6 Å². The number of hydrogen-bond acceptors (Lipinski definition) is 6. The molecule has 0 unspecified atom stereocenters. The summed E-state index contributed by atoms with van der Waals surface area (Å²) in [4.78, 5) is 7.90. The minimum atomic E-state index is -4.51. The van der Waals surface area contributed by atoms with Gasteiger partial charge in [0.1, 0.15) is 5.82 Å². The van der Waals surface area contributed by atoms with E-state index in [4.69, 9.17) is 5.26 Å². The number of aromatic nitrogens is 2. The fraction of sp³-hybridized carbons (Fsp3) is 0.105. The van der Waals surface area contributed by atoms with Gasteiger partial charge in [-0.25, -0.2) is 18.1 Å². The molecule has 0 saturated carbocycles. The highest BCUT2D eigenvalue weighted by atomic mass is 32.2. The predicted octanol–water partition coefficient (Wildman–Crippen LogP) is 3.69. The zero-order valence-electron chi connectivity index (χ0n) is 15.4. The Morgan fingerprint density at radius 3 is 2.43 bits per heavy atom. The maximum atomic E-state index is 12.7. The van der Waals surface area contributed by atoms with E-state index in [9.17, 15) is 21.6 Å². The van der Waals surface area contributed by atoms with Gasteiger partial charge in [0.05, 0.1) is 27.8 Å². The molecule has 2 heterocycles. The zero-order chi connectivity index (χ0) is 21.9. The molecule has 3 aromatic rings. The molecule has 0 saturated heterocycles. The topological polar surface area (TPSA) is 108 Å². The highest BCUT2D eigenvalue weighted by Gasteiger charge is 2.30. The van der Waals surface area contributed by atoms with E-state index in [1.807, 2.05) is 6.07 Å². The fourth-order valence-electron chi connectivity index (χ4n) is 2.55. The summed E-state index contributed by atoms with van der Waals surface area (Å²) in [5.74, 6) is 0.116. The molecule has 154 valence electrons. The lowest BCUT2D eigenvalue weighted by Gasteiger charge is -2.14. The van der Waals surface area contributed by atoms with Crippen LogP contribution < -0.4 is 10.0 Å². The number of anilines is 2. The van der Waals surface area contributed by atoms with Gasteiger partial charge in [-0.05, 0) is 49.5 Å². The van der Waals surface area contributed by atoms with Crippen molar-refractivity contribution in [2.24, 2.45) is 0 Å². The summed E-state index contributed by atoms with van der Waals surface area (Å²) in [7, 11) is -2.50. The molecule has 3 rings (SSSR count). The number of benzene rings is 1. The summed E-state index contributed by atoms with van der Waals surface area (Å²) in [5.41, 5.74) is 0.384. The van der Waals surface area contributed by atoms with Gasteiger partial charge >= 0.3 is 6.18 Å². The second-order valence-electron chi connectivity index (χ2n) is 6.01. The molecule has 30 heavy (non-hydrogen) atoms. The van der Waals surface area contributed by atoms with Crippen LogP contribution >= 0.6 is 0 Å². The Hall–Kier alpha value is -3.49. The van der Waals surface area contributed by atoms with Crippen LogP contribution in [0.3, 0.4) is 0 Å². The number of sulfonamides is 1. The van der Waals surface area contributed by atoms with Crippen molar-refractivity contribution in [3.63, 3.8) is 0 Å². The molecule has 0 aliphatic rings. The minimum Gasteiger partial charge on any atom is -0.340 e. The maximum Gasteiger partial charge on any atom is 0.417 e. The molecule has 2 N–H and O–H groups in total. The number of nitrogens with zero attached hydrogens (tertiary/aromatic N) is 3. The van der Waals surface area contributed by atoms with Gasteiger partial charge in [-0.2, -0.15) is 18.4 Å². The monoisotopic (exact) mass is 433 g/mol. The third-order valence-corrected chi connectivity index (χ3v) is 5.50. The molecule has 2 aromatic heterocycles. The summed E-state index contributed by atoms with van der Waals surface area (Å²) in [6.07, 6.45) is -2.43. The summed E-state index contributed by atoms with van der Waals surface area (Å²) in [6.45, 7) is 0. The number of alkyl halides is 3. The Labute approximate surface area is 170 Å². The lowest BCUT2D eigenvalue weighted by atomic mass is 10.1. The molecule has 0 bridgehead atoms. The van der Waals surface area contributed by atoms with Gasteiger partial charge in [-0.15, -0.1) is 0 Å². The third kappa shape index (κ3) is 4.56. The number of pyridine rings is 2. The van der Waals surface area contributed by atoms with Crippen molar-refractivity contribution in [3.8, 4) is 17.3 Å². The Morgan fingerprint density at radius 2 is 1.83 bits per heavy atom. The Kier molecular flexibility index (Phi) is 5.73. The summed E-state index contributed by atoms with van der Waals surface area (Å²) in [5, 5.41) is 12.0. The molecular formula is C19H14F3N5O2S. The van der Waals surface area contributed by atoms with Crippen LogP contribution in [0.4, 0.5) is 24.7 Å². The minimum absolute atomic E-state index is 0.0462. The number of hydrogen-bond donors (Lipinski definition) is 2. The van der Waals surface area contributed by atoms with Crippen LogP contribution in [0.2, 0.25) is 0 Å². The van der Waals surface area contributed by atoms with Crippen LogP contribution in [0, 0.1) is 11.3 Å². The van der Waals surface area contributed by atoms with Crippen LogP contribution in [0.15, 0.2) is 59.8 Å². The molecule has 0 aliphatic heterocycles. The van der Waals surface area contributed by atoms with E-state index in [1.165, 1.54) is 43.6 Å². The zero-order valence-corrected chi connectivity index (χ0v) is 16.2. The van der Waals surface area contributed by atoms with Crippen molar-refractivity contribution >= 4 is 21.5 Å². The highest BCUT2D eigenvalue weighted by molar-refractivity contribution is 7.89. The van der Waals surface area contributed by atoms with E-state index in [-0.39, 0.29) is 10.7 Å². The van der Waals surface area contributed by atoms with Crippen LogP contribution in [0.25, 0.3) is 11.3 Å². The highest BCUT2D eigenvalue weighted by Crippen LogP contribution is 2.33. The normalized spacial score (nSPS) is 11.7.